The van der Waals surface area contributed by atoms with E-state index in [1.54, 1.807) is 10.8 Å². The highest BCUT2D eigenvalue weighted by molar-refractivity contribution is 6.32. The third-order valence-corrected chi connectivity index (χ3v) is 7.71. The van der Waals surface area contributed by atoms with Crippen molar-refractivity contribution < 1.29 is 9.84 Å². The highest BCUT2D eigenvalue weighted by atomic mass is 35.5. The second kappa shape index (κ2) is 10.6. The SMILES string of the molecule is O=c1c(Cl)c(NC[C@H]2CCCOC2)cnn1C1CCC(n2c(=O)n(CCO)c3ccccc32)CC1. The minimum atomic E-state index is -0.281. The average molecular weight is 502 g/mol. The lowest BCUT2D eigenvalue weighted by atomic mass is 9.91. The van der Waals surface area contributed by atoms with Gasteiger partial charge in [0.1, 0.15) is 5.02 Å². The molecular weight excluding hydrogens is 470 g/mol. The van der Waals surface area contributed by atoms with Crippen molar-refractivity contribution in [1.29, 1.82) is 0 Å². The molecule has 2 aliphatic rings. The van der Waals surface area contributed by atoms with Crippen molar-refractivity contribution in [3.05, 3.63) is 56.3 Å². The van der Waals surface area contributed by atoms with Crippen LogP contribution in [0.2, 0.25) is 5.02 Å². The summed E-state index contributed by atoms with van der Waals surface area (Å²) >= 11 is 6.44. The van der Waals surface area contributed by atoms with Crippen LogP contribution in [0.15, 0.2) is 40.1 Å². The normalized spacial score (nSPS) is 23.0. The molecule has 0 spiro atoms. The molecule has 0 radical (unpaired) electrons. The van der Waals surface area contributed by atoms with Gasteiger partial charge in [-0.05, 0) is 56.6 Å². The molecule has 5 rings (SSSR count). The van der Waals surface area contributed by atoms with Crippen LogP contribution in [0.25, 0.3) is 11.0 Å². The van der Waals surface area contributed by atoms with Gasteiger partial charge in [-0.2, -0.15) is 5.10 Å². The van der Waals surface area contributed by atoms with Gasteiger partial charge in [0.15, 0.2) is 0 Å². The summed E-state index contributed by atoms with van der Waals surface area (Å²) in [7, 11) is 0. The molecule has 9 nitrogen and oxygen atoms in total. The quantitative estimate of drug-likeness (QED) is 0.515. The van der Waals surface area contributed by atoms with Gasteiger partial charge < -0.3 is 15.2 Å². The number of anilines is 1. The molecule has 1 aromatic carbocycles. The Bertz CT molecular complexity index is 1290. The van der Waals surface area contributed by atoms with E-state index in [-0.39, 0.29) is 41.5 Å². The predicted octanol–water partition coefficient (Wildman–Crippen LogP) is 3.20. The molecule has 0 bridgehead atoms. The molecule has 10 heteroatoms. The first kappa shape index (κ1) is 24.1. The summed E-state index contributed by atoms with van der Waals surface area (Å²) in [6, 6.07) is 7.67. The second-order valence-corrected chi connectivity index (χ2v) is 9.94. The predicted molar refractivity (Wildman–Crippen MR) is 135 cm³/mol. The molecule has 1 saturated heterocycles. The summed E-state index contributed by atoms with van der Waals surface area (Å²) in [6.07, 6.45) is 6.76. The third kappa shape index (κ3) is 4.77. The molecule has 2 aromatic heterocycles. The van der Waals surface area contributed by atoms with Crippen molar-refractivity contribution >= 4 is 28.3 Å². The van der Waals surface area contributed by atoms with E-state index >= 15 is 0 Å². The number of nitrogens with zero attached hydrogens (tertiary/aromatic N) is 4. The Balaban J connectivity index is 1.29. The van der Waals surface area contributed by atoms with Gasteiger partial charge in [0.2, 0.25) is 0 Å². The highest BCUT2D eigenvalue weighted by Crippen LogP contribution is 2.35. The second-order valence-electron chi connectivity index (χ2n) is 9.56. The van der Waals surface area contributed by atoms with Crippen molar-refractivity contribution in [3.63, 3.8) is 0 Å². The molecule has 1 atom stereocenters. The number of halogens is 1. The smallest absolute Gasteiger partial charge is 0.329 e. The molecule has 3 heterocycles. The summed E-state index contributed by atoms with van der Waals surface area (Å²) in [5.41, 5.74) is 1.90. The van der Waals surface area contributed by atoms with Gasteiger partial charge in [0.25, 0.3) is 5.56 Å². The van der Waals surface area contributed by atoms with Crippen LogP contribution in [0.4, 0.5) is 5.69 Å². The van der Waals surface area contributed by atoms with Crippen LogP contribution < -0.4 is 16.6 Å². The number of para-hydroxylation sites is 2. The molecule has 2 fully saturated rings. The van der Waals surface area contributed by atoms with E-state index in [0.29, 0.717) is 18.2 Å². The zero-order chi connectivity index (χ0) is 24.4. The Labute approximate surface area is 208 Å². The number of hydrogen-bond acceptors (Lipinski definition) is 6. The largest absolute Gasteiger partial charge is 0.395 e. The number of imidazole rings is 1. The topological polar surface area (TPSA) is 103 Å². The van der Waals surface area contributed by atoms with Crippen LogP contribution in [0.1, 0.15) is 50.6 Å². The first-order valence-electron chi connectivity index (χ1n) is 12.5. The fourth-order valence-corrected chi connectivity index (χ4v) is 5.72. The van der Waals surface area contributed by atoms with E-state index in [2.05, 4.69) is 10.4 Å². The van der Waals surface area contributed by atoms with Gasteiger partial charge in [0, 0.05) is 19.2 Å². The number of aliphatic hydroxyl groups excluding tert-OH is 1. The molecule has 1 saturated carbocycles. The van der Waals surface area contributed by atoms with Crippen LogP contribution in [0, 0.1) is 5.92 Å². The number of aliphatic hydroxyl groups is 1. The van der Waals surface area contributed by atoms with Crippen LogP contribution >= 0.6 is 11.6 Å². The lowest BCUT2D eigenvalue weighted by Gasteiger charge is -2.30. The van der Waals surface area contributed by atoms with Crippen LogP contribution in [0.3, 0.4) is 0 Å². The van der Waals surface area contributed by atoms with Crippen LogP contribution in [0.5, 0.6) is 0 Å². The average Bonchev–Trinajstić information content (AvgIpc) is 3.17. The van der Waals surface area contributed by atoms with Gasteiger partial charge in [-0.15, -0.1) is 0 Å². The van der Waals surface area contributed by atoms with Gasteiger partial charge in [-0.1, -0.05) is 23.7 Å². The Morgan fingerprint density at radius 2 is 1.83 bits per heavy atom. The van der Waals surface area contributed by atoms with Gasteiger partial charge in [0.05, 0.1) is 48.7 Å². The summed E-state index contributed by atoms with van der Waals surface area (Å²) in [6.45, 7) is 2.42. The highest BCUT2D eigenvalue weighted by Gasteiger charge is 2.28. The molecule has 1 aliphatic heterocycles. The van der Waals surface area contributed by atoms with E-state index in [0.717, 1.165) is 62.8 Å². The Morgan fingerprint density at radius 3 is 2.54 bits per heavy atom. The van der Waals surface area contributed by atoms with Crippen molar-refractivity contribution in [1.82, 2.24) is 18.9 Å². The summed E-state index contributed by atoms with van der Waals surface area (Å²) in [5, 5.41) is 17.3. The maximum absolute atomic E-state index is 13.2. The molecule has 3 aromatic rings. The monoisotopic (exact) mass is 501 g/mol. The molecule has 35 heavy (non-hydrogen) atoms. The first-order chi connectivity index (χ1) is 17.1. The molecule has 2 N–H and O–H groups in total. The lowest BCUT2D eigenvalue weighted by Crippen LogP contribution is -2.34. The fraction of sp³-hybridized carbons (Fsp3) is 0.560. The van der Waals surface area contributed by atoms with Crippen molar-refractivity contribution in [2.75, 3.05) is 31.7 Å². The van der Waals surface area contributed by atoms with Crippen LogP contribution in [-0.2, 0) is 11.3 Å². The van der Waals surface area contributed by atoms with E-state index in [1.165, 1.54) is 4.68 Å². The van der Waals surface area contributed by atoms with E-state index in [4.69, 9.17) is 16.3 Å². The number of hydrogen-bond donors (Lipinski definition) is 2. The molecular formula is C25H32ClN5O4. The maximum Gasteiger partial charge on any atom is 0.329 e. The van der Waals surface area contributed by atoms with Crippen molar-refractivity contribution in [2.45, 2.75) is 57.2 Å². The standard InChI is InChI=1S/C25H32ClN5O4/c26-23-20(27-14-17-4-3-13-35-16-17)15-28-31(24(23)33)19-9-7-18(8-10-19)30-22-6-2-1-5-21(22)29(11-12-32)25(30)34/h1-2,5-6,15,17-19,27,32H,3-4,7-14,16H2/t17-,18?,19?/m1/s1. The van der Waals surface area contributed by atoms with Crippen molar-refractivity contribution in [3.8, 4) is 0 Å². The molecule has 1 aliphatic carbocycles. The number of benzene rings is 1. The Kier molecular flexibility index (Phi) is 7.27. The molecule has 0 unspecified atom stereocenters. The van der Waals surface area contributed by atoms with Gasteiger partial charge in [-0.3, -0.25) is 13.9 Å². The minimum absolute atomic E-state index is 0.0356. The Morgan fingerprint density at radius 1 is 1.09 bits per heavy atom. The number of fused-ring (bicyclic) bond motifs is 1. The first-order valence-corrected chi connectivity index (χ1v) is 12.9. The molecule has 0 amide bonds. The van der Waals surface area contributed by atoms with Crippen LogP contribution in [-0.4, -0.2) is 50.4 Å². The maximum atomic E-state index is 13.2. The zero-order valence-electron chi connectivity index (χ0n) is 19.7. The summed E-state index contributed by atoms with van der Waals surface area (Å²) in [5.74, 6) is 0.407. The number of rotatable bonds is 7. The fourth-order valence-electron chi connectivity index (χ4n) is 5.51. The van der Waals surface area contributed by atoms with E-state index < -0.39 is 0 Å². The number of nitrogens with one attached hydrogen (secondary N) is 1. The van der Waals surface area contributed by atoms with Gasteiger partial charge >= 0.3 is 5.69 Å². The lowest BCUT2D eigenvalue weighted by molar-refractivity contribution is 0.0595. The summed E-state index contributed by atoms with van der Waals surface area (Å²) in [4.78, 5) is 26.2. The van der Waals surface area contributed by atoms with Gasteiger partial charge in [-0.25, -0.2) is 9.48 Å². The van der Waals surface area contributed by atoms with E-state index in [9.17, 15) is 14.7 Å². The zero-order valence-corrected chi connectivity index (χ0v) is 20.5. The number of ether oxygens (including phenoxy) is 1. The van der Waals surface area contributed by atoms with E-state index in [1.807, 2.05) is 28.8 Å². The third-order valence-electron chi connectivity index (χ3n) is 7.35. The number of aromatic nitrogens is 4. The minimum Gasteiger partial charge on any atom is -0.395 e. The van der Waals surface area contributed by atoms with Crippen molar-refractivity contribution in [2.24, 2.45) is 5.92 Å². The molecule has 188 valence electrons. The Hall–Kier alpha value is -2.62. The summed E-state index contributed by atoms with van der Waals surface area (Å²) < 4.78 is 10.5.